The van der Waals surface area contributed by atoms with Crippen LogP contribution in [0.2, 0.25) is 0 Å². The number of likely N-dealkylation sites (N-methyl/N-ethyl adjacent to an activating group) is 2. The highest BCUT2D eigenvalue weighted by Gasteiger charge is 2.43. The minimum atomic E-state index is -0.590. The van der Waals surface area contributed by atoms with Crippen LogP contribution in [0.4, 0.5) is 0 Å². The Morgan fingerprint density at radius 2 is 0.917 bits per heavy atom. The highest BCUT2D eigenvalue weighted by molar-refractivity contribution is 6.02. The van der Waals surface area contributed by atoms with Crippen molar-refractivity contribution in [1.29, 1.82) is 0 Å². The molecule has 0 bridgehead atoms. The number of nitrogens with zero attached hydrogens (tertiary/aromatic N) is 4. The first-order chi connectivity index (χ1) is 34.9. The zero-order chi connectivity index (χ0) is 50.7. The second-order valence-corrected chi connectivity index (χ2v) is 20.8. The Morgan fingerprint density at radius 1 is 0.528 bits per heavy atom. The molecule has 14 nitrogen and oxygen atoms in total. The number of benzene rings is 4. The molecule has 2 aliphatic carbocycles. The van der Waals surface area contributed by atoms with Crippen molar-refractivity contribution in [3.63, 3.8) is 0 Å². The van der Waals surface area contributed by atoms with Gasteiger partial charge in [0, 0.05) is 62.5 Å². The van der Waals surface area contributed by atoms with Gasteiger partial charge in [-0.3, -0.25) is 28.8 Å². The molecule has 1 unspecified atom stereocenters. The molecule has 0 spiro atoms. The van der Waals surface area contributed by atoms with Crippen LogP contribution in [-0.2, 0) is 32.0 Å². The van der Waals surface area contributed by atoms with E-state index in [2.05, 4.69) is 45.5 Å². The third-order valence-electron chi connectivity index (χ3n) is 16.1. The topological polar surface area (TPSA) is 163 Å². The average molecular weight is 981 g/mol. The van der Waals surface area contributed by atoms with E-state index in [-0.39, 0.29) is 59.4 Å². The van der Waals surface area contributed by atoms with Gasteiger partial charge in [-0.05, 0) is 150 Å². The predicted octanol–water partition coefficient (Wildman–Crippen LogP) is 5.98. The molecule has 72 heavy (non-hydrogen) atoms. The molecule has 2 heterocycles. The number of amides is 6. The van der Waals surface area contributed by atoms with E-state index in [0.717, 1.165) is 86.1 Å². The van der Waals surface area contributed by atoms with E-state index in [4.69, 9.17) is 0 Å². The fourth-order valence-corrected chi connectivity index (χ4v) is 10.9. The fraction of sp³-hybridized carbons (Fsp3) is 0.517. The van der Waals surface area contributed by atoms with Gasteiger partial charge in [0.1, 0.15) is 12.1 Å². The van der Waals surface area contributed by atoms with E-state index < -0.39 is 24.2 Å². The van der Waals surface area contributed by atoms with Gasteiger partial charge < -0.3 is 40.9 Å². The molecule has 0 radical (unpaired) electrons. The molecule has 6 amide bonds. The molecular formula is C58H76N8O6. The van der Waals surface area contributed by atoms with E-state index in [0.29, 0.717) is 63.2 Å². The van der Waals surface area contributed by atoms with Gasteiger partial charge in [0.25, 0.3) is 11.8 Å². The van der Waals surface area contributed by atoms with Gasteiger partial charge in [-0.1, -0.05) is 85.6 Å². The summed E-state index contributed by atoms with van der Waals surface area (Å²) in [6.07, 6.45) is 10.2. The summed E-state index contributed by atoms with van der Waals surface area (Å²) < 4.78 is 0. The number of likely N-dealkylation sites (tertiary alicyclic amines) is 2. The second-order valence-electron chi connectivity index (χ2n) is 20.8. The molecule has 2 aliphatic heterocycles. The Hall–Kier alpha value is -6.12. The molecule has 0 aromatic heterocycles. The van der Waals surface area contributed by atoms with Crippen LogP contribution in [0.15, 0.2) is 97.1 Å². The first-order valence-corrected chi connectivity index (χ1v) is 26.7. The predicted molar refractivity (Wildman–Crippen MR) is 281 cm³/mol. The minimum Gasteiger partial charge on any atom is -0.343 e. The zero-order valence-electron chi connectivity index (χ0n) is 42.8. The number of rotatable bonds is 22. The zero-order valence-corrected chi connectivity index (χ0v) is 42.8. The number of fused-ring (bicyclic) bond motifs is 1. The summed E-state index contributed by atoms with van der Waals surface area (Å²) in [4.78, 5) is 92.0. The maximum atomic E-state index is 14.8. The normalized spacial score (nSPS) is 19.7. The molecule has 4 aromatic rings. The van der Waals surface area contributed by atoms with Crippen LogP contribution < -0.4 is 21.3 Å². The molecule has 384 valence electrons. The summed E-state index contributed by atoms with van der Waals surface area (Å²) >= 11 is 0. The molecule has 14 heteroatoms. The lowest BCUT2D eigenvalue weighted by atomic mass is 9.79. The minimum absolute atomic E-state index is 0.0592. The average Bonchev–Trinajstić information content (AvgIpc) is 4.06. The van der Waals surface area contributed by atoms with Gasteiger partial charge in [-0.25, -0.2) is 0 Å². The summed E-state index contributed by atoms with van der Waals surface area (Å²) in [6, 6.07) is 29.1. The van der Waals surface area contributed by atoms with Crippen molar-refractivity contribution in [1.82, 2.24) is 40.9 Å². The van der Waals surface area contributed by atoms with E-state index >= 15 is 0 Å². The van der Waals surface area contributed by atoms with Gasteiger partial charge in [-0.2, -0.15) is 0 Å². The van der Waals surface area contributed by atoms with Gasteiger partial charge in [0.15, 0.2) is 0 Å². The van der Waals surface area contributed by atoms with Crippen LogP contribution in [0, 0.1) is 11.8 Å². The first-order valence-electron chi connectivity index (χ1n) is 26.7. The van der Waals surface area contributed by atoms with Crippen molar-refractivity contribution in [3.05, 3.63) is 119 Å². The standard InChI is InChI=1S/C58H76N8O6/c1-39(59-3)53(67)61-51(43-19-11-20-43)57(71)65-31-13-23-49(65)37-63(33-29-41-15-7-5-8-16-41)55(69)47-27-25-46-36-48(28-26-45(46)35-47)56(70)64(34-30-42-17-9-6-10-18-42)38-50-24-14-32-66(50)58(72)52(44-21-12-22-44)62-54(68)40(2)60-4/h5-10,15-18,25-28,35-36,39-40,43-44,49-52,59-60H,11-14,19-24,29-34,37-38H2,1-4H3,(H,61,67)(H,62,68)/t39-,40?,49-,50-,51-,52-/m0/s1. The first kappa shape index (κ1) is 52.2. The van der Waals surface area contributed by atoms with Crippen LogP contribution in [0.1, 0.15) is 110 Å². The van der Waals surface area contributed by atoms with E-state index in [9.17, 15) is 28.8 Å². The Morgan fingerprint density at radius 3 is 1.26 bits per heavy atom. The van der Waals surface area contributed by atoms with Crippen molar-refractivity contribution >= 4 is 46.2 Å². The quantitative estimate of drug-likeness (QED) is 0.0749. The number of hydrogen-bond donors (Lipinski definition) is 4. The van der Waals surface area contributed by atoms with E-state index in [1.165, 1.54) is 0 Å². The molecule has 8 rings (SSSR count). The Balaban J connectivity index is 1.00. The largest absolute Gasteiger partial charge is 0.343 e. The third kappa shape index (κ3) is 12.5. The lowest BCUT2D eigenvalue weighted by Crippen LogP contribution is -2.58. The smallest absolute Gasteiger partial charge is 0.253 e. The summed E-state index contributed by atoms with van der Waals surface area (Å²) in [5.74, 6) is -0.545. The van der Waals surface area contributed by atoms with E-state index in [1.807, 2.05) is 92.4 Å². The van der Waals surface area contributed by atoms with Gasteiger partial charge in [0.2, 0.25) is 23.6 Å². The Bertz CT molecular complexity index is 2340. The number of nitrogens with one attached hydrogen (secondary N) is 4. The molecular weight excluding hydrogens is 905 g/mol. The number of carbonyl (C=O) groups is 6. The van der Waals surface area contributed by atoms with Gasteiger partial charge >= 0.3 is 0 Å². The van der Waals surface area contributed by atoms with E-state index in [1.54, 1.807) is 27.9 Å². The van der Waals surface area contributed by atoms with Crippen molar-refractivity contribution < 1.29 is 28.8 Å². The van der Waals surface area contributed by atoms with Crippen molar-refractivity contribution in [2.24, 2.45) is 11.8 Å². The SMILES string of the molecule is CNC(C)C(=O)N[C@H](C(=O)N1CCC[C@H]1CN(CCc1ccccc1)C(=O)c1ccc2cc(C(=O)N(CCc3ccccc3)C[C@@H]3CCCN3C(=O)[C@@H](NC(=O)[C@H](C)NC)C3CCC3)ccc2c1)C1CCC1. The third-order valence-corrected chi connectivity index (χ3v) is 16.1. The second kappa shape index (κ2) is 24.5. The molecule has 2 saturated heterocycles. The Labute approximate surface area is 426 Å². The highest BCUT2D eigenvalue weighted by Crippen LogP contribution is 2.34. The molecule has 2 saturated carbocycles. The molecule has 6 atom stereocenters. The van der Waals surface area contributed by atoms with Crippen LogP contribution >= 0.6 is 0 Å². The van der Waals surface area contributed by atoms with Crippen LogP contribution in [0.5, 0.6) is 0 Å². The molecule has 4 aromatic carbocycles. The molecule has 4 aliphatic rings. The van der Waals surface area contributed by atoms with Crippen LogP contribution in [0.25, 0.3) is 10.8 Å². The van der Waals surface area contributed by atoms with Crippen LogP contribution in [0.3, 0.4) is 0 Å². The maximum absolute atomic E-state index is 14.8. The van der Waals surface area contributed by atoms with Crippen LogP contribution in [-0.4, -0.2) is 145 Å². The molecule has 4 fully saturated rings. The van der Waals surface area contributed by atoms with Crippen molar-refractivity contribution in [3.8, 4) is 0 Å². The lowest BCUT2D eigenvalue weighted by molar-refractivity contribution is -0.140. The highest BCUT2D eigenvalue weighted by atomic mass is 16.2. The van der Waals surface area contributed by atoms with Gasteiger partial charge in [-0.15, -0.1) is 0 Å². The number of hydrogen-bond acceptors (Lipinski definition) is 8. The summed E-state index contributed by atoms with van der Waals surface area (Å²) in [5.41, 5.74) is 3.28. The summed E-state index contributed by atoms with van der Waals surface area (Å²) in [5, 5.41) is 13.8. The summed E-state index contributed by atoms with van der Waals surface area (Å²) in [6.45, 7) is 6.41. The molecule has 4 N–H and O–H groups in total. The summed E-state index contributed by atoms with van der Waals surface area (Å²) in [7, 11) is 3.47. The lowest BCUT2D eigenvalue weighted by Gasteiger charge is -2.38. The Kier molecular flexibility index (Phi) is 17.8. The maximum Gasteiger partial charge on any atom is 0.253 e. The number of carbonyl (C=O) groups excluding carboxylic acids is 6. The fourth-order valence-electron chi connectivity index (χ4n) is 10.9. The van der Waals surface area contributed by atoms with Crippen molar-refractivity contribution in [2.45, 2.75) is 127 Å². The van der Waals surface area contributed by atoms with Crippen molar-refractivity contribution in [2.75, 3.05) is 53.4 Å². The monoisotopic (exact) mass is 981 g/mol. The van der Waals surface area contributed by atoms with Gasteiger partial charge in [0.05, 0.1) is 12.1 Å².